The zero-order valence-electron chi connectivity index (χ0n) is 19.5. The minimum Gasteiger partial charge on any atom is -0.498 e. The van der Waals surface area contributed by atoms with Crippen LogP contribution in [0.2, 0.25) is 0 Å². The third-order valence-electron chi connectivity index (χ3n) is 6.35. The SMILES string of the molecule is COC1=CC(B2OC(C)(C)C(C)(C)O2)=CC(OC)C1OCc1ccc(C(C)C)cc1. The molecule has 0 bridgehead atoms. The van der Waals surface area contributed by atoms with Gasteiger partial charge in [-0.25, -0.2) is 0 Å². The van der Waals surface area contributed by atoms with E-state index in [4.69, 9.17) is 23.5 Å². The van der Waals surface area contributed by atoms with Crippen molar-refractivity contribution in [2.45, 2.75) is 77.5 Å². The standard InChI is InChI=1S/C24H35BO5/c1-16(2)18-11-9-17(10-12-18)15-28-22-20(26-7)13-19(14-21(22)27-8)25-29-23(3,4)24(5,6)30-25/h9-14,16,20,22H,15H2,1-8H3. The molecule has 0 saturated carbocycles. The number of hydrogen-bond donors (Lipinski definition) is 0. The van der Waals surface area contributed by atoms with Crippen LogP contribution >= 0.6 is 0 Å². The van der Waals surface area contributed by atoms with E-state index in [2.05, 4.69) is 38.1 Å². The largest absolute Gasteiger partial charge is 0.498 e. The Bertz CT molecular complexity index is 778. The molecule has 5 nitrogen and oxygen atoms in total. The monoisotopic (exact) mass is 414 g/mol. The summed E-state index contributed by atoms with van der Waals surface area (Å²) in [6, 6.07) is 8.53. The fraction of sp³-hybridized carbons (Fsp3) is 0.583. The van der Waals surface area contributed by atoms with Gasteiger partial charge in [0, 0.05) is 7.11 Å². The molecule has 2 unspecified atom stereocenters. The smallest absolute Gasteiger partial charge is 0.494 e. The summed E-state index contributed by atoms with van der Waals surface area (Å²) in [5.74, 6) is 1.21. The lowest BCUT2D eigenvalue weighted by Crippen LogP contribution is -2.41. The molecule has 0 radical (unpaired) electrons. The fourth-order valence-electron chi connectivity index (χ4n) is 3.59. The summed E-state index contributed by atoms with van der Waals surface area (Å²) in [7, 11) is 2.86. The van der Waals surface area contributed by atoms with Crippen LogP contribution in [0, 0.1) is 0 Å². The van der Waals surface area contributed by atoms with Crippen LogP contribution < -0.4 is 0 Å². The van der Waals surface area contributed by atoms with Crippen molar-refractivity contribution in [2.24, 2.45) is 0 Å². The van der Waals surface area contributed by atoms with E-state index in [1.165, 1.54) is 5.56 Å². The summed E-state index contributed by atoms with van der Waals surface area (Å²) in [5, 5.41) is 0. The Morgan fingerprint density at radius 3 is 2.10 bits per heavy atom. The van der Waals surface area contributed by atoms with Crippen molar-refractivity contribution in [3.05, 3.63) is 58.8 Å². The van der Waals surface area contributed by atoms with E-state index in [1.807, 2.05) is 39.8 Å². The van der Waals surface area contributed by atoms with E-state index in [0.717, 1.165) is 11.0 Å². The molecule has 30 heavy (non-hydrogen) atoms. The van der Waals surface area contributed by atoms with Crippen LogP contribution in [-0.4, -0.2) is 44.7 Å². The van der Waals surface area contributed by atoms with Crippen molar-refractivity contribution < 1.29 is 23.5 Å². The highest BCUT2D eigenvalue weighted by molar-refractivity contribution is 6.55. The molecule has 2 aliphatic rings. The normalized spacial score (nSPS) is 25.3. The molecule has 164 valence electrons. The quantitative estimate of drug-likeness (QED) is 0.599. The van der Waals surface area contributed by atoms with E-state index in [9.17, 15) is 0 Å². The van der Waals surface area contributed by atoms with Gasteiger partial charge in [0.05, 0.1) is 24.9 Å². The molecule has 1 fully saturated rings. The third-order valence-corrected chi connectivity index (χ3v) is 6.35. The van der Waals surface area contributed by atoms with Gasteiger partial charge in [-0.15, -0.1) is 0 Å². The molecule has 6 heteroatoms. The van der Waals surface area contributed by atoms with Gasteiger partial charge in [-0.05, 0) is 56.3 Å². The summed E-state index contributed by atoms with van der Waals surface area (Å²) in [4.78, 5) is 0. The van der Waals surface area contributed by atoms with E-state index >= 15 is 0 Å². The maximum atomic E-state index is 6.22. The Morgan fingerprint density at radius 2 is 1.60 bits per heavy atom. The Labute approximate surface area is 181 Å². The molecule has 3 rings (SSSR count). The van der Waals surface area contributed by atoms with Crippen molar-refractivity contribution in [3.63, 3.8) is 0 Å². The van der Waals surface area contributed by atoms with Crippen molar-refractivity contribution in [2.75, 3.05) is 14.2 Å². The molecular formula is C24H35BO5. The Balaban J connectivity index is 1.74. The van der Waals surface area contributed by atoms with Crippen LogP contribution in [-0.2, 0) is 30.1 Å². The van der Waals surface area contributed by atoms with Gasteiger partial charge in [-0.3, -0.25) is 0 Å². The lowest BCUT2D eigenvalue weighted by atomic mass is 9.74. The van der Waals surface area contributed by atoms with Crippen LogP contribution in [0.3, 0.4) is 0 Å². The molecule has 0 amide bonds. The van der Waals surface area contributed by atoms with Crippen LogP contribution in [0.4, 0.5) is 0 Å². The fourth-order valence-corrected chi connectivity index (χ4v) is 3.59. The second kappa shape index (κ2) is 8.87. The van der Waals surface area contributed by atoms with Gasteiger partial charge >= 0.3 is 7.12 Å². The molecule has 1 aromatic rings. The molecule has 1 aliphatic heterocycles. The average Bonchev–Trinajstić information content (AvgIpc) is 2.93. The highest BCUT2D eigenvalue weighted by Gasteiger charge is 2.53. The second-order valence-electron chi connectivity index (χ2n) is 9.33. The van der Waals surface area contributed by atoms with Crippen molar-refractivity contribution in [3.8, 4) is 0 Å². The summed E-state index contributed by atoms with van der Waals surface area (Å²) in [6.45, 7) is 13.0. The molecule has 2 atom stereocenters. The minimum atomic E-state index is -0.470. The van der Waals surface area contributed by atoms with Crippen LogP contribution in [0.15, 0.2) is 47.6 Å². The third kappa shape index (κ3) is 4.67. The number of benzene rings is 1. The molecule has 1 saturated heterocycles. The van der Waals surface area contributed by atoms with Crippen molar-refractivity contribution >= 4 is 7.12 Å². The lowest BCUT2D eigenvalue weighted by molar-refractivity contribution is -0.0482. The first-order chi connectivity index (χ1) is 14.1. The molecule has 1 aromatic carbocycles. The zero-order chi connectivity index (χ0) is 22.1. The van der Waals surface area contributed by atoms with Crippen molar-refractivity contribution in [1.29, 1.82) is 0 Å². The Kier molecular flexibility index (Phi) is 6.83. The van der Waals surface area contributed by atoms with Gasteiger partial charge in [0.2, 0.25) is 0 Å². The van der Waals surface area contributed by atoms with Gasteiger partial charge in [0.25, 0.3) is 0 Å². The van der Waals surface area contributed by atoms with Gasteiger partial charge < -0.3 is 23.5 Å². The topological polar surface area (TPSA) is 46.2 Å². The maximum absolute atomic E-state index is 6.22. The highest BCUT2D eigenvalue weighted by atomic mass is 16.7. The van der Waals surface area contributed by atoms with Gasteiger partial charge in [-0.2, -0.15) is 0 Å². The minimum absolute atomic E-state index is 0.297. The number of hydrogen-bond acceptors (Lipinski definition) is 5. The first-order valence-electron chi connectivity index (χ1n) is 10.6. The highest BCUT2D eigenvalue weighted by Crippen LogP contribution is 2.40. The van der Waals surface area contributed by atoms with E-state index in [0.29, 0.717) is 18.3 Å². The predicted octanol–water partition coefficient (Wildman–Crippen LogP) is 4.81. The number of methoxy groups -OCH3 is 2. The summed E-state index contributed by atoms with van der Waals surface area (Å²) < 4.78 is 30.0. The number of ether oxygens (including phenoxy) is 3. The van der Waals surface area contributed by atoms with Gasteiger partial charge in [-0.1, -0.05) is 44.2 Å². The first-order valence-corrected chi connectivity index (χ1v) is 10.6. The van der Waals surface area contributed by atoms with Crippen LogP contribution in [0.25, 0.3) is 0 Å². The number of allylic oxidation sites excluding steroid dienone is 2. The molecule has 0 N–H and O–H groups in total. The van der Waals surface area contributed by atoms with Crippen LogP contribution in [0.1, 0.15) is 58.6 Å². The molecule has 0 aromatic heterocycles. The average molecular weight is 414 g/mol. The zero-order valence-corrected chi connectivity index (χ0v) is 19.5. The predicted molar refractivity (Wildman–Crippen MR) is 119 cm³/mol. The maximum Gasteiger partial charge on any atom is 0.494 e. The van der Waals surface area contributed by atoms with Gasteiger partial charge in [0.15, 0.2) is 0 Å². The van der Waals surface area contributed by atoms with E-state index in [-0.39, 0.29) is 12.2 Å². The summed E-state index contributed by atoms with van der Waals surface area (Å²) in [6.07, 6.45) is 3.33. The second-order valence-corrected chi connectivity index (χ2v) is 9.33. The Morgan fingerprint density at radius 1 is 1.00 bits per heavy atom. The molecule has 1 heterocycles. The first kappa shape index (κ1) is 23.1. The summed E-state index contributed by atoms with van der Waals surface area (Å²) in [5.41, 5.74) is 2.51. The number of rotatable bonds is 7. The van der Waals surface area contributed by atoms with E-state index < -0.39 is 18.3 Å². The molecule has 0 spiro atoms. The molecular weight excluding hydrogens is 379 g/mol. The van der Waals surface area contributed by atoms with E-state index in [1.54, 1.807) is 14.2 Å². The summed E-state index contributed by atoms with van der Waals surface area (Å²) >= 11 is 0. The lowest BCUT2D eigenvalue weighted by Gasteiger charge is -2.32. The van der Waals surface area contributed by atoms with Crippen molar-refractivity contribution in [1.82, 2.24) is 0 Å². The molecule has 1 aliphatic carbocycles. The Hall–Kier alpha value is -1.60. The van der Waals surface area contributed by atoms with Gasteiger partial charge in [0.1, 0.15) is 18.0 Å². The van der Waals surface area contributed by atoms with Crippen LogP contribution in [0.5, 0.6) is 0 Å².